The first kappa shape index (κ1) is 19.3. The van der Waals surface area contributed by atoms with E-state index < -0.39 is 11.7 Å². The van der Waals surface area contributed by atoms with Gasteiger partial charge in [0, 0.05) is 25.6 Å². The van der Waals surface area contributed by atoms with E-state index in [-0.39, 0.29) is 18.4 Å². The number of rotatable bonds is 4. The molecule has 3 aromatic rings. The molecule has 1 N–H and O–H groups in total. The molecule has 29 heavy (non-hydrogen) atoms. The predicted molar refractivity (Wildman–Crippen MR) is 102 cm³/mol. The van der Waals surface area contributed by atoms with Crippen molar-refractivity contribution in [3.63, 3.8) is 0 Å². The van der Waals surface area contributed by atoms with Crippen LogP contribution in [-0.4, -0.2) is 24.0 Å². The summed E-state index contributed by atoms with van der Waals surface area (Å²) in [7, 11) is 0. The summed E-state index contributed by atoms with van der Waals surface area (Å²) < 4.78 is 43.6. The number of alkyl halides is 3. The van der Waals surface area contributed by atoms with E-state index in [1.165, 1.54) is 12.1 Å². The van der Waals surface area contributed by atoms with E-state index in [0.717, 1.165) is 23.2 Å². The van der Waals surface area contributed by atoms with Crippen LogP contribution >= 0.6 is 0 Å². The summed E-state index contributed by atoms with van der Waals surface area (Å²) in [5, 5.41) is 2.83. The number of carbonyl (C=O) groups is 1. The maximum atomic E-state index is 12.6. The molecule has 152 valence electrons. The van der Waals surface area contributed by atoms with Crippen molar-refractivity contribution in [1.82, 2.24) is 10.3 Å². The van der Waals surface area contributed by atoms with Gasteiger partial charge in [0.25, 0.3) is 6.01 Å². The molecular formula is C21H20F3N3O2. The molecule has 1 aliphatic heterocycles. The molecule has 2 heterocycles. The van der Waals surface area contributed by atoms with Gasteiger partial charge in [-0.15, -0.1) is 0 Å². The lowest BCUT2D eigenvalue weighted by molar-refractivity contribution is -0.137. The van der Waals surface area contributed by atoms with Crippen LogP contribution in [0.4, 0.5) is 19.2 Å². The molecular weight excluding hydrogens is 383 g/mol. The highest BCUT2D eigenvalue weighted by atomic mass is 19.4. The molecule has 0 saturated carbocycles. The summed E-state index contributed by atoms with van der Waals surface area (Å²) >= 11 is 0. The smallest absolute Gasteiger partial charge is 0.416 e. The van der Waals surface area contributed by atoms with E-state index >= 15 is 0 Å². The topological polar surface area (TPSA) is 58.4 Å². The zero-order valence-electron chi connectivity index (χ0n) is 15.6. The molecule has 0 atom stereocenters. The predicted octanol–water partition coefficient (Wildman–Crippen LogP) is 4.38. The highest BCUT2D eigenvalue weighted by Gasteiger charge is 2.30. The van der Waals surface area contributed by atoms with Gasteiger partial charge in [0.05, 0.1) is 5.56 Å². The maximum absolute atomic E-state index is 12.6. The first-order valence-electron chi connectivity index (χ1n) is 9.44. The van der Waals surface area contributed by atoms with Gasteiger partial charge >= 0.3 is 6.18 Å². The molecule has 1 aromatic heterocycles. The molecule has 2 aromatic carbocycles. The van der Waals surface area contributed by atoms with Gasteiger partial charge in [0.2, 0.25) is 5.91 Å². The van der Waals surface area contributed by atoms with Gasteiger partial charge in [0.1, 0.15) is 5.52 Å². The second-order valence-electron chi connectivity index (χ2n) is 7.14. The number of carbonyl (C=O) groups excluding carboxylic acids is 1. The van der Waals surface area contributed by atoms with Gasteiger partial charge in [0.15, 0.2) is 5.58 Å². The van der Waals surface area contributed by atoms with Crippen LogP contribution in [0, 0.1) is 5.92 Å². The van der Waals surface area contributed by atoms with Crippen molar-refractivity contribution in [2.45, 2.75) is 25.6 Å². The maximum Gasteiger partial charge on any atom is 0.416 e. The lowest BCUT2D eigenvalue weighted by Gasteiger charge is -2.30. The lowest BCUT2D eigenvalue weighted by atomic mass is 9.96. The third-order valence-corrected chi connectivity index (χ3v) is 5.17. The van der Waals surface area contributed by atoms with Crippen LogP contribution in [0.15, 0.2) is 52.9 Å². The minimum atomic E-state index is -4.36. The zero-order chi connectivity index (χ0) is 20.4. The van der Waals surface area contributed by atoms with E-state index in [9.17, 15) is 18.0 Å². The van der Waals surface area contributed by atoms with Gasteiger partial charge < -0.3 is 14.6 Å². The molecule has 0 unspecified atom stereocenters. The van der Waals surface area contributed by atoms with Crippen molar-refractivity contribution in [3.8, 4) is 0 Å². The zero-order valence-corrected chi connectivity index (χ0v) is 15.6. The van der Waals surface area contributed by atoms with Gasteiger partial charge in [-0.2, -0.15) is 18.2 Å². The Labute approximate surface area is 165 Å². The number of nitrogens with one attached hydrogen (secondary N) is 1. The number of anilines is 1. The summed E-state index contributed by atoms with van der Waals surface area (Å²) in [5.74, 6) is -0.216. The van der Waals surface area contributed by atoms with Crippen molar-refractivity contribution in [2.75, 3.05) is 18.0 Å². The second kappa shape index (κ2) is 7.77. The third-order valence-electron chi connectivity index (χ3n) is 5.17. The van der Waals surface area contributed by atoms with Crippen molar-refractivity contribution in [2.24, 2.45) is 5.92 Å². The SMILES string of the molecule is O=C(NCc1ccc(C(F)(F)F)cc1)C1CCN(c2nc3ccccc3o2)CC1. The Morgan fingerprint density at radius 1 is 1.10 bits per heavy atom. The van der Waals surface area contributed by atoms with E-state index in [4.69, 9.17) is 4.42 Å². The standard InChI is InChI=1S/C21H20F3N3O2/c22-21(23,24)16-7-5-14(6-8-16)13-25-19(28)15-9-11-27(12-10-15)20-26-17-3-1-2-4-18(17)29-20/h1-8,15H,9-13H2,(H,25,28). The first-order chi connectivity index (χ1) is 13.9. The number of para-hydroxylation sites is 2. The monoisotopic (exact) mass is 403 g/mol. The average molecular weight is 403 g/mol. The van der Waals surface area contributed by atoms with Crippen LogP contribution in [0.25, 0.3) is 11.1 Å². The minimum absolute atomic E-state index is 0.0814. The molecule has 0 aliphatic carbocycles. The minimum Gasteiger partial charge on any atom is -0.423 e. The van der Waals surface area contributed by atoms with Crippen molar-refractivity contribution in [1.29, 1.82) is 0 Å². The molecule has 0 spiro atoms. The van der Waals surface area contributed by atoms with Crippen LogP contribution in [0.2, 0.25) is 0 Å². The van der Waals surface area contributed by atoms with E-state index in [1.54, 1.807) is 0 Å². The Morgan fingerprint density at radius 2 is 1.79 bits per heavy atom. The van der Waals surface area contributed by atoms with Crippen molar-refractivity contribution in [3.05, 3.63) is 59.7 Å². The van der Waals surface area contributed by atoms with Gasteiger partial charge in [-0.3, -0.25) is 4.79 Å². The average Bonchev–Trinajstić information content (AvgIpc) is 3.16. The van der Waals surface area contributed by atoms with Crippen LogP contribution < -0.4 is 10.2 Å². The first-order valence-corrected chi connectivity index (χ1v) is 9.44. The molecule has 0 bridgehead atoms. The Morgan fingerprint density at radius 3 is 2.45 bits per heavy atom. The molecule has 5 nitrogen and oxygen atoms in total. The molecule has 1 aliphatic rings. The van der Waals surface area contributed by atoms with E-state index in [1.807, 2.05) is 29.2 Å². The van der Waals surface area contributed by atoms with E-state index in [0.29, 0.717) is 37.5 Å². The highest BCUT2D eigenvalue weighted by Crippen LogP contribution is 2.29. The van der Waals surface area contributed by atoms with Crippen LogP contribution in [0.5, 0.6) is 0 Å². The summed E-state index contributed by atoms with van der Waals surface area (Å²) in [6, 6.07) is 13.0. The normalized spacial score (nSPS) is 15.6. The Balaban J connectivity index is 1.28. The molecule has 0 radical (unpaired) electrons. The van der Waals surface area contributed by atoms with Gasteiger partial charge in [-0.1, -0.05) is 24.3 Å². The number of oxazole rings is 1. The molecule has 8 heteroatoms. The number of nitrogens with zero attached hydrogens (tertiary/aromatic N) is 2. The Hall–Kier alpha value is -3.03. The molecule has 1 amide bonds. The van der Waals surface area contributed by atoms with E-state index in [2.05, 4.69) is 10.3 Å². The van der Waals surface area contributed by atoms with Crippen LogP contribution in [0.3, 0.4) is 0 Å². The number of piperidine rings is 1. The fraction of sp³-hybridized carbons (Fsp3) is 0.333. The van der Waals surface area contributed by atoms with Gasteiger partial charge in [-0.25, -0.2) is 0 Å². The third kappa shape index (κ3) is 4.36. The number of hydrogen-bond acceptors (Lipinski definition) is 4. The highest BCUT2D eigenvalue weighted by molar-refractivity contribution is 5.79. The summed E-state index contributed by atoms with van der Waals surface area (Å²) in [5.41, 5.74) is 1.48. The number of amides is 1. The number of benzene rings is 2. The summed E-state index contributed by atoms with van der Waals surface area (Å²) in [6.07, 6.45) is -3.03. The van der Waals surface area contributed by atoms with Gasteiger partial charge in [-0.05, 0) is 42.7 Å². The number of hydrogen-bond donors (Lipinski definition) is 1. The number of fused-ring (bicyclic) bond motifs is 1. The molecule has 1 saturated heterocycles. The number of halogens is 3. The Bertz CT molecular complexity index is 957. The molecule has 1 fully saturated rings. The van der Waals surface area contributed by atoms with Crippen LogP contribution in [0.1, 0.15) is 24.0 Å². The lowest BCUT2D eigenvalue weighted by Crippen LogP contribution is -2.40. The Kier molecular flexibility index (Phi) is 5.17. The molecule has 4 rings (SSSR count). The quantitative estimate of drug-likeness (QED) is 0.703. The fourth-order valence-corrected chi connectivity index (χ4v) is 3.47. The second-order valence-corrected chi connectivity index (χ2v) is 7.14. The van der Waals surface area contributed by atoms with Crippen LogP contribution in [-0.2, 0) is 17.5 Å². The van der Waals surface area contributed by atoms with Crippen molar-refractivity contribution < 1.29 is 22.4 Å². The summed E-state index contributed by atoms with van der Waals surface area (Å²) in [4.78, 5) is 18.9. The number of aromatic nitrogens is 1. The largest absolute Gasteiger partial charge is 0.423 e. The van der Waals surface area contributed by atoms with Crippen molar-refractivity contribution >= 4 is 23.0 Å². The fourth-order valence-electron chi connectivity index (χ4n) is 3.47. The summed E-state index contributed by atoms with van der Waals surface area (Å²) in [6.45, 7) is 1.53.